The lowest BCUT2D eigenvalue weighted by Crippen LogP contribution is -2.48. The van der Waals surface area contributed by atoms with Crippen LogP contribution in [-0.4, -0.2) is 33.9 Å². The number of nitrogens with one attached hydrogen (secondary N) is 1. The average molecular weight is 312 g/mol. The highest BCUT2D eigenvalue weighted by Gasteiger charge is 2.34. The molecule has 4 rings (SSSR count). The van der Waals surface area contributed by atoms with Crippen LogP contribution >= 0.6 is 11.6 Å². The largest absolute Gasteiger partial charge is 0.342 e. The van der Waals surface area contributed by atoms with Gasteiger partial charge in [0.15, 0.2) is 0 Å². The molecule has 0 bridgehead atoms. The van der Waals surface area contributed by atoms with Gasteiger partial charge in [0.2, 0.25) is 0 Å². The fourth-order valence-electron chi connectivity index (χ4n) is 2.76. The molecule has 110 valence electrons. The molecule has 4 nitrogen and oxygen atoms in total. The molecule has 0 unspecified atom stereocenters. The fourth-order valence-corrected chi connectivity index (χ4v) is 2.88. The van der Waals surface area contributed by atoms with Crippen LogP contribution in [0.5, 0.6) is 0 Å². The van der Waals surface area contributed by atoms with Crippen LogP contribution in [0.2, 0.25) is 5.02 Å². The van der Waals surface area contributed by atoms with Crippen LogP contribution in [0.15, 0.2) is 48.5 Å². The van der Waals surface area contributed by atoms with Gasteiger partial charge in [-0.1, -0.05) is 23.7 Å². The van der Waals surface area contributed by atoms with Crippen molar-refractivity contribution in [3.8, 4) is 0 Å². The summed E-state index contributed by atoms with van der Waals surface area (Å²) in [6, 6.07) is 15.0. The van der Waals surface area contributed by atoms with Gasteiger partial charge >= 0.3 is 0 Å². The molecule has 2 aromatic carbocycles. The van der Waals surface area contributed by atoms with E-state index in [1.807, 2.05) is 29.2 Å². The average Bonchev–Trinajstić information content (AvgIpc) is 2.89. The number of halogens is 1. The van der Waals surface area contributed by atoms with Crippen LogP contribution in [-0.2, 0) is 0 Å². The van der Waals surface area contributed by atoms with E-state index in [-0.39, 0.29) is 11.8 Å². The maximum absolute atomic E-state index is 12.3. The zero-order valence-corrected chi connectivity index (χ0v) is 12.5. The number of rotatable bonds is 2. The molecule has 0 radical (unpaired) electrons. The monoisotopic (exact) mass is 311 g/mol. The zero-order valence-electron chi connectivity index (χ0n) is 11.8. The van der Waals surface area contributed by atoms with E-state index in [9.17, 15) is 4.79 Å². The van der Waals surface area contributed by atoms with E-state index in [1.165, 1.54) is 0 Å². The van der Waals surface area contributed by atoms with E-state index in [1.54, 1.807) is 24.3 Å². The van der Waals surface area contributed by atoms with Crippen LogP contribution in [0.1, 0.15) is 22.1 Å². The first-order valence-electron chi connectivity index (χ1n) is 7.20. The number of fused-ring (bicyclic) bond motifs is 1. The summed E-state index contributed by atoms with van der Waals surface area (Å²) >= 11 is 5.85. The summed E-state index contributed by atoms with van der Waals surface area (Å²) in [7, 11) is 0. The standard InChI is InChI=1S/C17H14ClN3O/c18-13-7-5-11(6-8-13)17(22)21-9-12(10-21)16-19-14-3-1-2-4-15(14)20-16/h1-8,12H,9-10H2,(H,19,20). The molecule has 0 atom stereocenters. The van der Waals surface area contributed by atoms with Crippen molar-refractivity contribution < 1.29 is 4.79 Å². The van der Waals surface area contributed by atoms with Crippen molar-refractivity contribution in [1.29, 1.82) is 0 Å². The summed E-state index contributed by atoms with van der Waals surface area (Å²) < 4.78 is 0. The molecule has 22 heavy (non-hydrogen) atoms. The maximum atomic E-state index is 12.3. The lowest BCUT2D eigenvalue weighted by Gasteiger charge is -2.38. The molecule has 3 aromatic rings. The lowest BCUT2D eigenvalue weighted by molar-refractivity contribution is 0.0596. The number of nitrogens with zero attached hydrogens (tertiary/aromatic N) is 2. The maximum Gasteiger partial charge on any atom is 0.253 e. The first-order valence-corrected chi connectivity index (χ1v) is 7.58. The highest BCUT2D eigenvalue weighted by atomic mass is 35.5. The van der Waals surface area contributed by atoms with Crippen molar-refractivity contribution in [2.45, 2.75) is 5.92 Å². The van der Waals surface area contributed by atoms with Crippen molar-refractivity contribution in [3.63, 3.8) is 0 Å². The predicted molar refractivity (Wildman–Crippen MR) is 86.2 cm³/mol. The molecule has 2 heterocycles. The SMILES string of the molecule is O=C(c1ccc(Cl)cc1)N1CC(c2nc3ccccc3[nH]2)C1. The number of H-pyrrole nitrogens is 1. The van der Waals surface area contributed by atoms with Gasteiger partial charge in [0.25, 0.3) is 5.91 Å². The minimum Gasteiger partial charge on any atom is -0.342 e. The normalized spacial score (nSPS) is 15.0. The highest BCUT2D eigenvalue weighted by molar-refractivity contribution is 6.30. The molecule has 1 amide bonds. The van der Waals surface area contributed by atoms with Gasteiger partial charge in [0.1, 0.15) is 5.82 Å². The zero-order chi connectivity index (χ0) is 15.1. The molecule has 0 saturated carbocycles. The molecular weight excluding hydrogens is 298 g/mol. The molecule has 1 saturated heterocycles. The number of aromatic amines is 1. The van der Waals surface area contributed by atoms with Gasteiger partial charge in [-0.05, 0) is 36.4 Å². The second-order valence-electron chi connectivity index (χ2n) is 5.55. The Bertz CT molecular complexity index is 801. The Hall–Kier alpha value is -2.33. The third-order valence-electron chi connectivity index (χ3n) is 4.05. The van der Waals surface area contributed by atoms with Gasteiger partial charge in [0, 0.05) is 23.7 Å². The van der Waals surface area contributed by atoms with Crippen LogP contribution in [0.3, 0.4) is 0 Å². The molecule has 1 fully saturated rings. The Morgan fingerprint density at radius 1 is 1.14 bits per heavy atom. The second kappa shape index (κ2) is 5.14. The van der Waals surface area contributed by atoms with Crippen molar-refractivity contribution in [2.24, 2.45) is 0 Å². The molecule has 1 aliphatic heterocycles. The van der Waals surface area contributed by atoms with Crippen LogP contribution < -0.4 is 0 Å². The first-order chi connectivity index (χ1) is 10.7. The predicted octanol–water partition coefficient (Wildman–Crippen LogP) is 3.46. The van der Waals surface area contributed by atoms with Gasteiger partial charge in [-0.15, -0.1) is 0 Å². The van der Waals surface area contributed by atoms with E-state index in [4.69, 9.17) is 11.6 Å². The second-order valence-corrected chi connectivity index (χ2v) is 5.99. The summed E-state index contributed by atoms with van der Waals surface area (Å²) in [6.45, 7) is 1.39. The van der Waals surface area contributed by atoms with Crippen molar-refractivity contribution in [3.05, 3.63) is 64.9 Å². The van der Waals surface area contributed by atoms with Crippen molar-refractivity contribution >= 4 is 28.5 Å². The lowest BCUT2D eigenvalue weighted by atomic mass is 9.98. The molecule has 0 spiro atoms. The van der Waals surface area contributed by atoms with Gasteiger partial charge in [-0.3, -0.25) is 4.79 Å². The number of carbonyl (C=O) groups is 1. The molecule has 5 heteroatoms. The van der Waals surface area contributed by atoms with Gasteiger partial charge < -0.3 is 9.88 Å². The third kappa shape index (κ3) is 2.25. The van der Waals surface area contributed by atoms with Crippen LogP contribution in [0.4, 0.5) is 0 Å². The Morgan fingerprint density at radius 3 is 2.59 bits per heavy atom. The summed E-state index contributed by atoms with van der Waals surface area (Å²) in [5.41, 5.74) is 2.69. The number of para-hydroxylation sites is 2. The third-order valence-corrected chi connectivity index (χ3v) is 4.31. The minimum absolute atomic E-state index is 0.0454. The Balaban J connectivity index is 1.47. The van der Waals surface area contributed by atoms with E-state index >= 15 is 0 Å². The number of carbonyl (C=O) groups excluding carboxylic acids is 1. The smallest absolute Gasteiger partial charge is 0.253 e. The van der Waals surface area contributed by atoms with E-state index in [0.717, 1.165) is 16.9 Å². The number of imidazole rings is 1. The molecule has 0 aliphatic carbocycles. The van der Waals surface area contributed by atoms with E-state index < -0.39 is 0 Å². The fraction of sp³-hybridized carbons (Fsp3) is 0.176. The van der Waals surface area contributed by atoms with E-state index in [2.05, 4.69) is 9.97 Å². The molecule has 1 aromatic heterocycles. The number of aromatic nitrogens is 2. The highest BCUT2D eigenvalue weighted by Crippen LogP contribution is 2.28. The minimum atomic E-state index is 0.0454. The number of benzene rings is 2. The van der Waals surface area contributed by atoms with Crippen molar-refractivity contribution in [1.82, 2.24) is 14.9 Å². The van der Waals surface area contributed by atoms with Gasteiger partial charge in [-0.2, -0.15) is 0 Å². The molecule has 1 aliphatic rings. The number of likely N-dealkylation sites (tertiary alicyclic amines) is 1. The number of hydrogen-bond donors (Lipinski definition) is 1. The quantitative estimate of drug-likeness (QED) is 0.788. The number of amides is 1. The Labute approximate surface area is 132 Å². The van der Waals surface area contributed by atoms with Crippen molar-refractivity contribution in [2.75, 3.05) is 13.1 Å². The summed E-state index contributed by atoms with van der Waals surface area (Å²) in [5, 5.41) is 0.639. The molecule has 1 N–H and O–H groups in total. The summed E-state index contributed by atoms with van der Waals surface area (Å²) in [4.78, 5) is 22.1. The Kier molecular flexibility index (Phi) is 3.12. The van der Waals surface area contributed by atoms with Crippen LogP contribution in [0.25, 0.3) is 11.0 Å². The first kappa shape index (κ1) is 13.3. The number of hydrogen-bond acceptors (Lipinski definition) is 2. The van der Waals surface area contributed by atoms with E-state index in [0.29, 0.717) is 23.7 Å². The van der Waals surface area contributed by atoms with Gasteiger partial charge in [0.05, 0.1) is 17.0 Å². The van der Waals surface area contributed by atoms with Crippen LogP contribution in [0, 0.1) is 0 Å². The Morgan fingerprint density at radius 2 is 1.86 bits per heavy atom. The van der Waals surface area contributed by atoms with Gasteiger partial charge in [-0.25, -0.2) is 4.98 Å². The summed E-state index contributed by atoms with van der Waals surface area (Å²) in [5.74, 6) is 1.29. The molecular formula is C17H14ClN3O. The summed E-state index contributed by atoms with van der Waals surface area (Å²) in [6.07, 6.45) is 0. The topological polar surface area (TPSA) is 49.0 Å².